The van der Waals surface area contributed by atoms with Crippen molar-refractivity contribution in [2.75, 3.05) is 44.8 Å². The Morgan fingerprint density at radius 1 is 1.24 bits per heavy atom. The van der Waals surface area contributed by atoms with Gasteiger partial charge in [-0.25, -0.2) is 0 Å². The number of anilines is 1. The molecule has 0 radical (unpaired) electrons. The molecule has 1 aromatic carbocycles. The summed E-state index contributed by atoms with van der Waals surface area (Å²) in [6, 6.07) is 5.84. The fourth-order valence-electron chi connectivity index (χ4n) is 2.23. The molecule has 1 aromatic rings. The van der Waals surface area contributed by atoms with E-state index in [0.717, 1.165) is 42.7 Å². The van der Waals surface area contributed by atoms with E-state index in [-0.39, 0.29) is 24.0 Å². The standard InChI is InChI=1S/C18H29N3O3.HI/c1-4-19-18(20-8-11-22-13-14(2)3)21-15-6-7-16-17(12-15)24-10-5-9-23-16;/h6-7,12,14H,4-5,8-11,13H2,1-3H3,(H2,19,20,21);1H. The van der Waals surface area contributed by atoms with Gasteiger partial charge in [-0.1, -0.05) is 13.8 Å². The highest BCUT2D eigenvalue weighted by Gasteiger charge is 2.11. The van der Waals surface area contributed by atoms with Crippen molar-refractivity contribution in [3.8, 4) is 11.5 Å². The van der Waals surface area contributed by atoms with Crippen LogP contribution >= 0.6 is 24.0 Å². The Kier molecular flexibility index (Phi) is 10.6. The monoisotopic (exact) mass is 463 g/mol. The lowest BCUT2D eigenvalue weighted by Crippen LogP contribution is -2.31. The normalized spacial score (nSPS) is 13.8. The first-order valence-corrected chi connectivity index (χ1v) is 8.71. The average molecular weight is 463 g/mol. The smallest absolute Gasteiger partial charge is 0.195 e. The first-order chi connectivity index (χ1) is 11.7. The third-order valence-corrected chi connectivity index (χ3v) is 3.31. The van der Waals surface area contributed by atoms with Crippen molar-refractivity contribution in [3.63, 3.8) is 0 Å². The molecule has 7 heteroatoms. The third-order valence-electron chi connectivity index (χ3n) is 3.31. The molecule has 0 fully saturated rings. The Morgan fingerprint density at radius 2 is 2.00 bits per heavy atom. The fourth-order valence-corrected chi connectivity index (χ4v) is 2.23. The minimum atomic E-state index is 0. The molecule has 0 unspecified atom stereocenters. The number of hydrogen-bond acceptors (Lipinski definition) is 4. The maximum atomic E-state index is 5.72. The Bertz CT molecular complexity index is 538. The first-order valence-electron chi connectivity index (χ1n) is 8.71. The van der Waals surface area contributed by atoms with E-state index in [2.05, 4.69) is 29.5 Å². The molecule has 1 heterocycles. The Hall–Kier alpha value is -1.22. The van der Waals surface area contributed by atoms with E-state index in [9.17, 15) is 0 Å². The van der Waals surface area contributed by atoms with Crippen molar-refractivity contribution in [2.45, 2.75) is 27.2 Å². The summed E-state index contributed by atoms with van der Waals surface area (Å²) in [5, 5.41) is 6.53. The summed E-state index contributed by atoms with van der Waals surface area (Å²) in [7, 11) is 0. The predicted octanol–water partition coefficient (Wildman–Crippen LogP) is 3.52. The van der Waals surface area contributed by atoms with E-state index in [1.54, 1.807) is 0 Å². The maximum absolute atomic E-state index is 5.72. The van der Waals surface area contributed by atoms with Gasteiger partial charge in [-0.3, -0.25) is 4.99 Å². The molecule has 0 aliphatic carbocycles. The molecule has 25 heavy (non-hydrogen) atoms. The Morgan fingerprint density at radius 3 is 2.72 bits per heavy atom. The van der Waals surface area contributed by atoms with E-state index in [0.29, 0.717) is 32.3 Å². The zero-order chi connectivity index (χ0) is 17.2. The molecule has 1 aliphatic heterocycles. The molecule has 0 bridgehead atoms. The second kappa shape index (κ2) is 12.2. The summed E-state index contributed by atoms with van der Waals surface area (Å²) in [6.45, 7) is 10.5. The highest BCUT2D eigenvalue weighted by molar-refractivity contribution is 14.0. The minimum Gasteiger partial charge on any atom is -0.490 e. The van der Waals surface area contributed by atoms with Crippen LogP contribution in [0.3, 0.4) is 0 Å². The zero-order valence-electron chi connectivity index (χ0n) is 15.3. The number of hydrogen-bond donors (Lipinski definition) is 2. The predicted molar refractivity (Wildman–Crippen MR) is 113 cm³/mol. The van der Waals surface area contributed by atoms with Gasteiger partial charge in [0.25, 0.3) is 0 Å². The van der Waals surface area contributed by atoms with Crippen LogP contribution in [0.1, 0.15) is 27.2 Å². The summed E-state index contributed by atoms with van der Waals surface area (Å²) in [4.78, 5) is 4.53. The molecule has 2 rings (SSSR count). The number of ether oxygens (including phenoxy) is 3. The Labute approximate surface area is 167 Å². The quantitative estimate of drug-likeness (QED) is 0.281. The van der Waals surface area contributed by atoms with Gasteiger partial charge in [-0.05, 0) is 25.0 Å². The number of rotatable bonds is 7. The largest absolute Gasteiger partial charge is 0.490 e. The Balaban J connectivity index is 0.00000312. The SMILES string of the molecule is CCNC(=NCCOCC(C)C)Nc1ccc2c(c1)OCCCO2.I. The number of fused-ring (bicyclic) bond motifs is 1. The van der Waals surface area contributed by atoms with Crippen molar-refractivity contribution in [1.29, 1.82) is 0 Å². The minimum absolute atomic E-state index is 0. The lowest BCUT2D eigenvalue weighted by molar-refractivity contribution is 0.117. The van der Waals surface area contributed by atoms with Gasteiger partial charge in [0.05, 0.1) is 26.4 Å². The molecule has 2 N–H and O–H groups in total. The number of guanidine groups is 1. The van der Waals surface area contributed by atoms with Gasteiger partial charge in [0.15, 0.2) is 17.5 Å². The molecule has 6 nitrogen and oxygen atoms in total. The van der Waals surface area contributed by atoms with Crippen LogP contribution in [0.4, 0.5) is 5.69 Å². The fraction of sp³-hybridized carbons (Fsp3) is 0.611. The van der Waals surface area contributed by atoms with Gasteiger partial charge in [-0.2, -0.15) is 0 Å². The molecular weight excluding hydrogens is 433 g/mol. The van der Waals surface area contributed by atoms with Crippen LogP contribution in [0.2, 0.25) is 0 Å². The van der Waals surface area contributed by atoms with E-state index in [1.807, 2.05) is 25.1 Å². The van der Waals surface area contributed by atoms with Crippen molar-refractivity contribution < 1.29 is 14.2 Å². The maximum Gasteiger partial charge on any atom is 0.195 e. The van der Waals surface area contributed by atoms with Crippen LogP contribution in [0.25, 0.3) is 0 Å². The van der Waals surface area contributed by atoms with Gasteiger partial charge in [-0.15, -0.1) is 24.0 Å². The topological polar surface area (TPSA) is 64.1 Å². The molecule has 142 valence electrons. The van der Waals surface area contributed by atoms with Crippen LogP contribution in [0.15, 0.2) is 23.2 Å². The summed E-state index contributed by atoms with van der Waals surface area (Å²) in [5.74, 6) is 2.85. The van der Waals surface area contributed by atoms with Gasteiger partial charge >= 0.3 is 0 Å². The van der Waals surface area contributed by atoms with Crippen LogP contribution in [0, 0.1) is 5.92 Å². The summed E-state index contributed by atoms with van der Waals surface area (Å²) in [5.41, 5.74) is 0.919. The van der Waals surface area contributed by atoms with Gasteiger partial charge in [0, 0.05) is 31.3 Å². The van der Waals surface area contributed by atoms with Gasteiger partial charge in [0.2, 0.25) is 0 Å². The average Bonchev–Trinajstić information content (AvgIpc) is 2.79. The summed E-state index contributed by atoms with van der Waals surface area (Å²) < 4.78 is 16.9. The first kappa shape index (κ1) is 21.8. The highest BCUT2D eigenvalue weighted by Crippen LogP contribution is 2.32. The highest BCUT2D eigenvalue weighted by atomic mass is 127. The molecule has 1 aliphatic rings. The second-order valence-corrected chi connectivity index (χ2v) is 6.07. The van der Waals surface area contributed by atoms with E-state index >= 15 is 0 Å². The zero-order valence-corrected chi connectivity index (χ0v) is 17.7. The molecule has 0 amide bonds. The summed E-state index contributed by atoms with van der Waals surface area (Å²) in [6.07, 6.45) is 0.901. The number of nitrogens with zero attached hydrogens (tertiary/aromatic N) is 1. The second-order valence-electron chi connectivity index (χ2n) is 6.07. The third kappa shape index (κ3) is 8.13. The van der Waals surface area contributed by atoms with Crippen molar-refractivity contribution >= 4 is 35.6 Å². The van der Waals surface area contributed by atoms with E-state index in [1.165, 1.54) is 0 Å². The van der Waals surface area contributed by atoms with Gasteiger partial charge in [0.1, 0.15) is 0 Å². The lowest BCUT2D eigenvalue weighted by Gasteiger charge is -2.14. The molecule has 0 saturated carbocycles. The van der Waals surface area contributed by atoms with E-state index in [4.69, 9.17) is 14.2 Å². The summed E-state index contributed by atoms with van der Waals surface area (Å²) >= 11 is 0. The molecular formula is C18H30IN3O3. The van der Waals surface area contributed by atoms with Crippen molar-refractivity contribution in [1.82, 2.24) is 5.32 Å². The lowest BCUT2D eigenvalue weighted by atomic mass is 10.2. The van der Waals surface area contributed by atoms with Crippen LogP contribution < -0.4 is 20.1 Å². The number of nitrogens with one attached hydrogen (secondary N) is 2. The van der Waals surface area contributed by atoms with Gasteiger partial charge < -0.3 is 24.8 Å². The number of benzene rings is 1. The molecule has 0 spiro atoms. The number of halogens is 1. The van der Waals surface area contributed by atoms with Crippen LogP contribution in [-0.4, -0.2) is 45.5 Å². The van der Waals surface area contributed by atoms with Crippen LogP contribution in [-0.2, 0) is 4.74 Å². The van der Waals surface area contributed by atoms with Crippen molar-refractivity contribution in [3.05, 3.63) is 18.2 Å². The van der Waals surface area contributed by atoms with Crippen molar-refractivity contribution in [2.24, 2.45) is 10.9 Å². The molecule has 0 saturated heterocycles. The van der Waals surface area contributed by atoms with Crippen LogP contribution in [0.5, 0.6) is 11.5 Å². The number of aliphatic imine (C=N–C) groups is 1. The van der Waals surface area contributed by atoms with E-state index < -0.39 is 0 Å². The molecule has 0 aromatic heterocycles. The molecule has 0 atom stereocenters.